The smallest absolute Gasteiger partial charge is 0.400 e. The predicted octanol–water partition coefficient (Wildman–Crippen LogP) is 2.54. The topological polar surface area (TPSA) is 71.6 Å². The maximum absolute atomic E-state index is 11.5. The zero-order valence-corrected chi connectivity index (χ0v) is 14.4. The number of fused-ring (bicyclic) bond motifs is 1. The fourth-order valence-corrected chi connectivity index (χ4v) is 2.67. The summed E-state index contributed by atoms with van der Waals surface area (Å²) in [5.41, 5.74) is 0.479. The average Bonchev–Trinajstić information content (AvgIpc) is 2.72. The van der Waals surface area contributed by atoms with Gasteiger partial charge in [-0.1, -0.05) is 18.2 Å². The normalized spacial score (nSPS) is 19.9. The molecule has 1 aliphatic heterocycles. The number of rotatable bonds is 3. The van der Waals surface area contributed by atoms with Gasteiger partial charge in [-0.2, -0.15) is 0 Å². The van der Waals surface area contributed by atoms with Gasteiger partial charge in [-0.15, -0.1) is 0 Å². The van der Waals surface area contributed by atoms with Crippen molar-refractivity contribution >= 4 is 24.0 Å². The summed E-state index contributed by atoms with van der Waals surface area (Å²) in [7, 11) is -0.588. The Kier molecular flexibility index (Phi) is 4.15. The zero-order chi connectivity index (χ0) is 17.5. The molecule has 0 spiro atoms. The highest BCUT2D eigenvalue weighted by Gasteiger charge is 2.52. The third-order valence-corrected chi connectivity index (χ3v) is 4.86. The molecule has 5 nitrogen and oxygen atoms in total. The summed E-state index contributed by atoms with van der Waals surface area (Å²) in [4.78, 5) is 14.1. The second-order valence-corrected chi connectivity index (χ2v) is 7.15. The van der Waals surface area contributed by atoms with Crippen LogP contribution in [0, 0.1) is 0 Å². The monoisotopic (exact) mass is 327 g/mol. The number of aromatic amines is 1. The first-order chi connectivity index (χ1) is 11.2. The lowest BCUT2D eigenvalue weighted by molar-refractivity contribution is 0.00578. The summed E-state index contributed by atoms with van der Waals surface area (Å²) in [6.07, 6.45) is 3.54. The number of H-pyrrole nitrogens is 1. The Morgan fingerprint density at radius 2 is 1.83 bits per heavy atom. The molecule has 0 radical (unpaired) electrons. The van der Waals surface area contributed by atoms with E-state index >= 15 is 0 Å². The summed E-state index contributed by atoms with van der Waals surface area (Å²) in [6, 6.07) is 7.32. The molecule has 2 heterocycles. The number of nitrogens with one attached hydrogen (secondary N) is 1. The van der Waals surface area contributed by atoms with Crippen LogP contribution in [-0.2, 0) is 9.31 Å². The molecule has 0 saturated carbocycles. The summed E-state index contributed by atoms with van der Waals surface area (Å²) < 4.78 is 12.0. The largest absolute Gasteiger partial charge is 0.492 e. The Hall–Kier alpha value is -1.89. The number of benzene rings is 1. The van der Waals surface area contributed by atoms with E-state index in [1.54, 1.807) is 12.3 Å². The fourth-order valence-electron chi connectivity index (χ4n) is 2.67. The van der Waals surface area contributed by atoms with Gasteiger partial charge in [-0.3, -0.25) is 4.79 Å². The van der Waals surface area contributed by atoms with Gasteiger partial charge in [0, 0.05) is 12.3 Å². The third kappa shape index (κ3) is 3.05. The van der Waals surface area contributed by atoms with Crippen LogP contribution in [0.4, 0.5) is 0 Å². The van der Waals surface area contributed by atoms with Crippen molar-refractivity contribution in [2.75, 3.05) is 6.61 Å². The maximum atomic E-state index is 11.5. The molecule has 1 aromatic heterocycles. The van der Waals surface area contributed by atoms with Crippen molar-refractivity contribution in [1.82, 2.24) is 4.98 Å². The van der Waals surface area contributed by atoms with Gasteiger partial charge in [0.1, 0.15) is 0 Å². The molecule has 0 bridgehead atoms. The number of aliphatic hydroxyl groups excluding tert-OH is 1. The predicted molar refractivity (Wildman–Crippen MR) is 95.7 cm³/mol. The van der Waals surface area contributed by atoms with E-state index in [1.165, 1.54) is 0 Å². The summed E-state index contributed by atoms with van der Waals surface area (Å²) in [6.45, 7) is 7.74. The first kappa shape index (κ1) is 17.0. The van der Waals surface area contributed by atoms with Gasteiger partial charge in [0.15, 0.2) is 0 Å². The minimum Gasteiger partial charge on any atom is -0.400 e. The molecular formula is C18H22BNO4. The van der Waals surface area contributed by atoms with E-state index in [9.17, 15) is 9.90 Å². The van der Waals surface area contributed by atoms with Gasteiger partial charge in [0.25, 0.3) is 0 Å². The van der Waals surface area contributed by atoms with Crippen molar-refractivity contribution < 1.29 is 14.4 Å². The highest BCUT2D eigenvalue weighted by atomic mass is 16.7. The van der Waals surface area contributed by atoms with E-state index in [-0.39, 0.29) is 12.2 Å². The number of aromatic nitrogens is 1. The van der Waals surface area contributed by atoms with Crippen LogP contribution in [0.15, 0.2) is 40.7 Å². The van der Waals surface area contributed by atoms with Crippen LogP contribution >= 0.6 is 0 Å². The van der Waals surface area contributed by atoms with Crippen LogP contribution < -0.4 is 5.56 Å². The van der Waals surface area contributed by atoms with Crippen molar-refractivity contribution in [3.63, 3.8) is 0 Å². The first-order valence-corrected chi connectivity index (χ1v) is 8.01. The Morgan fingerprint density at radius 3 is 2.46 bits per heavy atom. The van der Waals surface area contributed by atoms with Gasteiger partial charge in [-0.05, 0) is 55.6 Å². The molecule has 2 aromatic rings. The van der Waals surface area contributed by atoms with Crippen LogP contribution in [0.25, 0.3) is 16.8 Å². The molecule has 0 aliphatic carbocycles. The Balaban J connectivity index is 1.95. The Bertz CT molecular complexity index is 837. The first-order valence-electron chi connectivity index (χ1n) is 8.01. The van der Waals surface area contributed by atoms with Crippen LogP contribution in [0.3, 0.4) is 0 Å². The lowest BCUT2D eigenvalue weighted by Crippen LogP contribution is -2.41. The van der Waals surface area contributed by atoms with Crippen molar-refractivity contribution in [1.29, 1.82) is 0 Å². The van der Waals surface area contributed by atoms with E-state index in [4.69, 9.17) is 9.31 Å². The van der Waals surface area contributed by atoms with E-state index in [0.29, 0.717) is 5.47 Å². The molecule has 1 aromatic carbocycles. The number of hydrogen-bond acceptors (Lipinski definition) is 4. The van der Waals surface area contributed by atoms with Gasteiger partial charge in [0.05, 0.1) is 17.8 Å². The summed E-state index contributed by atoms with van der Waals surface area (Å²) in [5.74, 6) is 0. The van der Waals surface area contributed by atoms with Crippen molar-refractivity contribution in [2.45, 2.75) is 38.9 Å². The molecule has 0 unspecified atom stereocenters. The molecule has 1 aliphatic rings. The highest BCUT2D eigenvalue weighted by molar-refractivity contribution is 6.55. The van der Waals surface area contributed by atoms with Crippen LogP contribution in [0.2, 0.25) is 0 Å². The van der Waals surface area contributed by atoms with Crippen molar-refractivity contribution in [2.24, 2.45) is 0 Å². The number of hydrogen-bond donors (Lipinski definition) is 2. The standard InChI is InChI=1S/C18H22BNO4/c1-17(2)18(3,4)24-19(23-17)15(11-21)8-12-5-6-13-10-20-16(22)9-14(13)7-12/h5-10,21H,11H2,1-4H3,(H,20,22). The molecule has 126 valence electrons. The van der Waals surface area contributed by atoms with E-state index in [2.05, 4.69) is 4.98 Å². The number of pyridine rings is 1. The van der Waals surface area contributed by atoms with Crippen LogP contribution in [-0.4, -0.2) is 35.0 Å². The quantitative estimate of drug-likeness (QED) is 0.850. The lowest BCUT2D eigenvalue weighted by Gasteiger charge is -2.32. The fraction of sp³-hybridized carbons (Fsp3) is 0.389. The van der Waals surface area contributed by atoms with Gasteiger partial charge < -0.3 is 19.4 Å². The van der Waals surface area contributed by atoms with Gasteiger partial charge >= 0.3 is 7.12 Å². The number of aliphatic hydroxyl groups is 1. The molecule has 3 rings (SSSR count). The summed E-state index contributed by atoms with van der Waals surface area (Å²) in [5, 5.41) is 11.6. The van der Waals surface area contributed by atoms with Crippen molar-refractivity contribution in [3.05, 3.63) is 51.9 Å². The minimum atomic E-state index is -0.588. The van der Waals surface area contributed by atoms with Crippen LogP contribution in [0.1, 0.15) is 33.3 Å². The Morgan fingerprint density at radius 1 is 1.17 bits per heavy atom. The summed E-state index contributed by atoms with van der Waals surface area (Å²) >= 11 is 0. The SMILES string of the molecule is CC1(C)OB(C(=Cc2ccc3c[nH]c(=O)cc3c2)CO)OC1(C)C. The molecule has 6 heteroatoms. The second-order valence-electron chi connectivity index (χ2n) is 7.15. The average molecular weight is 327 g/mol. The molecule has 0 amide bonds. The maximum Gasteiger partial charge on any atom is 0.492 e. The minimum absolute atomic E-state index is 0.142. The van der Waals surface area contributed by atoms with Gasteiger partial charge in [-0.25, -0.2) is 0 Å². The van der Waals surface area contributed by atoms with E-state index in [1.807, 2.05) is 52.0 Å². The van der Waals surface area contributed by atoms with Crippen LogP contribution in [0.5, 0.6) is 0 Å². The Labute approximate surface area is 141 Å². The molecule has 2 N–H and O–H groups in total. The highest BCUT2D eigenvalue weighted by Crippen LogP contribution is 2.38. The third-order valence-electron chi connectivity index (χ3n) is 4.86. The molecule has 24 heavy (non-hydrogen) atoms. The zero-order valence-electron chi connectivity index (χ0n) is 14.4. The molecular weight excluding hydrogens is 305 g/mol. The van der Waals surface area contributed by atoms with E-state index < -0.39 is 18.3 Å². The van der Waals surface area contributed by atoms with Gasteiger partial charge in [0.2, 0.25) is 5.56 Å². The second kappa shape index (κ2) is 5.88. The van der Waals surface area contributed by atoms with E-state index in [0.717, 1.165) is 16.3 Å². The molecule has 1 saturated heterocycles. The van der Waals surface area contributed by atoms with Crippen molar-refractivity contribution in [3.8, 4) is 0 Å². The molecule has 0 atom stereocenters. The lowest BCUT2D eigenvalue weighted by atomic mass is 9.77. The molecule has 1 fully saturated rings.